The number of rotatable bonds is 0. The third-order valence-electron chi connectivity index (χ3n) is 0. The fourth-order valence-electron chi connectivity index (χ4n) is 0. The molecule has 0 bridgehead atoms. The van der Waals surface area contributed by atoms with Crippen LogP contribution in [0.3, 0.4) is 0 Å². The zero-order chi connectivity index (χ0) is 2.00. The van der Waals surface area contributed by atoms with Gasteiger partial charge in [0.05, 0.1) is 0 Å². The summed E-state index contributed by atoms with van der Waals surface area (Å²) in [6, 6.07) is 0. The van der Waals surface area contributed by atoms with E-state index in [0.29, 0.717) is 0 Å². The second-order valence-corrected chi connectivity index (χ2v) is 0. The molecule has 1 radical (unpaired) electrons. The average Bonchev–Trinajstić information content (AvgIpc) is 1.00. The molecule has 0 aliphatic carbocycles. The van der Waals surface area contributed by atoms with E-state index in [4.69, 9.17) is 2.81 Å². The molecule has 0 amide bonds. The van der Waals surface area contributed by atoms with E-state index < -0.39 is 0 Å². The van der Waals surface area contributed by atoms with Crippen molar-refractivity contribution < 1.29 is 25.4 Å². The minimum atomic E-state index is 0. The summed E-state index contributed by atoms with van der Waals surface area (Å²) in [5.74, 6) is 0. The Bertz CT molecular complexity index is 9.61. The van der Waals surface area contributed by atoms with Crippen molar-refractivity contribution >= 4 is 37.1 Å². The van der Waals surface area contributed by atoms with E-state index in [0.717, 1.165) is 0 Å². The van der Waals surface area contributed by atoms with Crippen molar-refractivity contribution in [3.05, 3.63) is 0 Å². The zero-order valence-corrected chi connectivity index (χ0v) is 7.42. The molecule has 0 saturated carbocycles. The molecule has 0 fully saturated rings. The maximum absolute atomic E-state index is 8.36. The molecular formula is HBiClFeO2. The summed E-state index contributed by atoms with van der Waals surface area (Å²) >= 11 is 0.194. The van der Waals surface area contributed by atoms with Crippen LogP contribution < -0.4 is 0 Å². The Labute approximate surface area is 62.2 Å². The quantitative estimate of drug-likeness (QED) is 0.567. The van der Waals surface area contributed by atoms with Gasteiger partial charge in [0, 0.05) is 0 Å². The minimum absolute atomic E-state index is 0. The molecule has 0 spiro atoms. The molecule has 0 heterocycles. The van der Waals surface area contributed by atoms with Gasteiger partial charge in [0.1, 0.15) is 0 Å². The predicted octanol–water partition coefficient (Wildman–Crippen LogP) is -0.199. The van der Waals surface area contributed by atoms with Gasteiger partial charge in [0.15, 0.2) is 0 Å². The molecule has 0 rings (SSSR count). The Morgan fingerprint density at radius 2 is 1.20 bits per heavy atom. The fourth-order valence-corrected chi connectivity index (χ4v) is 0. The number of halogens is 1. The predicted molar refractivity (Wildman–Crippen MR) is 14.4 cm³/mol. The second-order valence-electron chi connectivity index (χ2n) is 0. The van der Waals surface area contributed by atoms with Crippen molar-refractivity contribution in [2.75, 3.05) is 0 Å². The Kier molecular flexibility index (Phi) is 327. The van der Waals surface area contributed by atoms with Gasteiger partial charge in [-0.1, -0.05) is 0 Å². The molecule has 0 aromatic rings. The summed E-state index contributed by atoms with van der Waals surface area (Å²) in [5, 5.41) is 0. The summed E-state index contributed by atoms with van der Waals surface area (Å²) in [5.41, 5.74) is 0. The first kappa shape index (κ1) is 31.9. The van der Waals surface area contributed by atoms with E-state index in [1.54, 1.807) is 0 Å². The normalized spacial score (nSPS) is 0.800. The van der Waals surface area contributed by atoms with Crippen molar-refractivity contribution in [1.29, 1.82) is 0 Å². The molecule has 0 aromatic heterocycles. The average molecular weight is 333 g/mol. The van der Waals surface area contributed by atoms with Crippen molar-refractivity contribution in [1.82, 2.24) is 0 Å². The fraction of sp³-hybridized carbons (Fsp3) is 0. The molecule has 5 heavy (non-hydrogen) atoms. The molecule has 0 N–H and O–H groups in total. The van der Waals surface area contributed by atoms with E-state index in [-0.39, 0.29) is 59.7 Å². The Morgan fingerprint density at radius 3 is 1.20 bits per heavy atom. The Hall–Kier alpha value is 1.45. The SMILES string of the molecule is Cl.[Fe+2].[O-2].[O]=[Bi]. The molecule has 5 heteroatoms. The van der Waals surface area contributed by atoms with Gasteiger partial charge >= 0.3 is 44.6 Å². The summed E-state index contributed by atoms with van der Waals surface area (Å²) in [6.07, 6.45) is 0. The van der Waals surface area contributed by atoms with Gasteiger partial charge in [0.2, 0.25) is 0 Å². The third kappa shape index (κ3) is 30.8. The zero-order valence-electron chi connectivity index (χ0n) is 2.03. The number of hydrogen-bond acceptors (Lipinski definition) is 1. The van der Waals surface area contributed by atoms with E-state index in [1.165, 1.54) is 0 Å². The first-order valence-electron chi connectivity index (χ1n) is 0.183. The first-order valence-corrected chi connectivity index (χ1v) is 1.60. The van der Waals surface area contributed by atoms with Crippen molar-refractivity contribution in [3.63, 3.8) is 0 Å². The topological polar surface area (TPSA) is 45.6 Å². The van der Waals surface area contributed by atoms with Crippen LogP contribution >= 0.6 is 12.4 Å². The Morgan fingerprint density at radius 1 is 1.20 bits per heavy atom. The molecule has 33 valence electrons. The molecule has 2 nitrogen and oxygen atoms in total. The van der Waals surface area contributed by atoms with Gasteiger partial charge < -0.3 is 5.48 Å². The number of hydrogen-bond donors (Lipinski definition) is 0. The van der Waals surface area contributed by atoms with E-state index in [2.05, 4.69) is 0 Å². The van der Waals surface area contributed by atoms with Crippen molar-refractivity contribution in [2.45, 2.75) is 0 Å². The van der Waals surface area contributed by atoms with Crippen LogP contribution in [0.2, 0.25) is 0 Å². The Balaban J connectivity index is -0.00000000167. The molecular weight excluding hydrogens is 332 g/mol. The van der Waals surface area contributed by atoms with Gasteiger partial charge in [-0.25, -0.2) is 0 Å². The molecule has 0 aromatic carbocycles. The van der Waals surface area contributed by atoms with Crippen LogP contribution in [0.4, 0.5) is 0 Å². The van der Waals surface area contributed by atoms with Crippen LogP contribution in [0.15, 0.2) is 0 Å². The first-order chi connectivity index (χ1) is 1.00. The standard InChI is InChI=1S/Bi.ClH.Fe.2O/h;1H;;;/q;;+2;;-2. The van der Waals surface area contributed by atoms with E-state index in [1.807, 2.05) is 0 Å². The van der Waals surface area contributed by atoms with E-state index >= 15 is 0 Å². The molecule has 0 saturated heterocycles. The third-order valence-corrected chi connectivity index (χ3v) is 0. The molecule has 0 aliphatic rings. The molecule has 0 aliphatic heterocycles. The van der Waals surface area contributed by atoms with Crippen LogP contribution in [-0.2, 0) is 25.4 Å². The van der Waals surface area contributed by atoms with Crippen LogP contribution in [0.1, 0.15) is 0 Å². The van der Waals surface area contributed by atoms with Gasteiger partial charge in [0.25, 0.3) is 0 Å². The van der Waals surface area contributed by atoms with Gasteiger partial charge in [-0.3, -0.25) is 0 Å². The summed E-state index contributed by atoms with van der Waals surface area (Å²) in [6.45, 7) is 0. The summed E-state index contributed by atoms with van der Waals surface area (Å²) in [4.78, 5) is 0. The van der Waals surface area contributed by atoms with Gasteiger partial charge in [-0.15, -0.1) is 12.4 Å². The van der Waals surface area contributed by atoms with Crippen LogP contribution in [-0.4, -0.2) is 24.7 Å². The van der Waals surface area contributed by atoms with Crippen LogP contribution in [0.5, 0.6) is 0 Å². The second kappa shape index (κ2) is 51.2. The molecule has 0 unspecified atom stereocenters. The van der Waals surface area contributed by atoms with E-state index in [9.17, 15) is 0 Å². The summed E-state index contributed by atoms with van der Waals surface area (Å²) in [7, 11) is 0. The van der Waals surface area contributed by atoms with Crippen molar-refractivity contribution in [3.8, 4) is 0 Å². The van der Waals surface area contributed by atoms with Crippen LogP contribution in [0.25, 0.3) is 0 Å². The van der Waals surface area contributed by atoms with Crippen molar-refractivity contribution in [2.24, 2.45) is 0 Å². The maximum atomic E-state index is 8.36. The summed E-state index contributed by atoms with van der Waals surface area (Å²) < 4.78 is 8.36. The monoisotopic (exact) mass is 333 g/mol. The van der Waals surface area contributed by atoms with Crippen LogP contribution in [0, 0.1) is 0 Å². The van der Waals surface area contributed by atoms with Gasteiger partial charge in [-0.05, 0) is 0 Å². The molecule has 0 atom stereocenters. The van der Waals surface area contributed by atoms with Gasteiger partial charge in [-0.2, -0.15) is 0 Å².